The van der Waals surface area contributed by atoms with E-state index in [1.54, 1.807) is 0 Å². The van der Waals surface area contributed by atoms with E-state index in [2.05, 4.69) is 15.3 Å². The van der Waals surface area contributed by atoms with E-state index in [1.807, 2.05) is 0 Å². The fourth-order valence-corrected chi connectivity index (χ4v) is 2.08. The van der Waals surface area contributed by atoms with Gasteiger partial charge in [-0.2, -0.15) is 0 Å². The van der Waals surface area contributed by atoms with Crippen molar-refractivity contribution in [1.29, 1.82) is 0 Å². The van der Waals surface area contributed by atoms with Crippen molar-refractivity contribution in [2.75, 3.05) is 13.1 Å². The Bertz CT molecular complexity index is 374. The standard InChI is InChI=1S/C11H16N4O/c12-11(16)9-6-14-7-15-10(9)5-8-1-3-13-4-2-8/h6-8,13H,1-5H2,(H2,12,16). The van der Waals surface area contributed by atoms with Gasteiger partial charge < -0.3 is 11.1 Å². The molecule has 0 bridgehead atoms. The first-order valence-corrected chi connectivity index (χ1v) is 5.57. The topological polar surface area (TPSA) is 80.9 Å². The average Bonchev–Trinajstić information content (AvgIpc) is 2.31. The Labute approximate surface area is 94.5 Å². The summed E-state index contributed by atoms with van der Waals surface area (Å²) in [6, 6.07) is 0. The highest BCUT2D eigenvalue weighted by molar-refractivity contribution is 5.93. The lowest BCUT2D eigenvalue weighted by Crippen LogP contribution is -2.29. The number of carbonyl (C=O) groups is 1. The summed E-state index contributed by atoms with van der Waals surface area (Å²) in [7, 11) is 0. The summed E-state index contributed by atoms with van der Waals surface area (Å²) < 4.78 is 0. The molecule has 86 valence electrons. The molecule has 1 fully saturated rings. The van der Waals surface area contributed by atoms with Crippen molar-refractivity contribution >= 4 is 5.91 Å². The molecule has 0 unspecified atom stereocenters. The van der Waals surface area contributed by atoms with E-state index in [0.29, 0.717) is 11.5 Å². The van der Waals surface area contributed by atoms with Crippen LogP contribution in [0.25, 0.3) is 0 Å². The third-order valence-corrected chi connectivity index (χ3v) is 3.00. The van der Waals surface area contributed by atoms with Gasteiger partial charge in [0, 0.05) is 6.20 Å². The molecule has 1 aliphatic rings. The predicted molar refractivity (Wildman–Crippen MR) is 59.8 cm³/mol. The first kappa shape index (κ1) is 11.0. The Balaban J connectivity index is 2.10. The normalized spacial score (nSPS) is 17.2. The maximum atomic E-state index is 11.2. The molecule has 1 aromatic heterocycles. The Hall–Kier alpha value is -1.49. The summed E-state index contributed by atoms with van der Waals surface area (Å²) in [6.45, 7) is 2.09. The van der Waals surface area contributed by atoms with Crippen LogP contribution in [-0.2, 0) is 6.42 Å². The van der Waals surface area contributed by atoms with E-state index >= 15 is 0 Å². The van der Waals surface area contributed by atoms with Crippen LogP contribution >= 0.6 is 0 Å². The van der Waals surface area contributed by atoms with Gasteiger partial charge in [-0.25, -0.2) is 9.97 Å². The van der Waals surface area contributed by atoms with E-state index < -0.39 is 5.91 Å². The van der Waals surface area contributed by atoms with Crippen LogP contribution in [0.5, 0.6) is 0 Å². The zero-order valence-electron chi connectivity index (χ0n) is 9.15. The van der Waals surface area contributed by atoms with Crippen LogP contribution in [0.4, 0.5) is 0 Å². The van der Waals surface area contributed by atoms with Gasteiger partial charge >= 0.3 is 0 Å². The van der Waals surface area contributed by atoms with Crippen molar-refractivity contribution in [3.63, 3.8) is 0 Å². The minimum Gasteiger partial charge on any atom is -0.365 e. The molecule has 0 aliphatic carbocycles. The van der Waals surface area contributed by atoms with Gasteiger partial charge in [-0.15, -0.1) is 0 Å². The van der Waals surface area contributed by atoms with Crippen molar-refractivity contribution in [3.05, 3.63) is 23.8 Å². The third kappa shape index (κ3) is 2.55. The maximum Gasteiger partial charge on any atom is 0.252 e. The zero-order valence-corrected chi connectivity index (χ0v) is 9.15. The molecule has 5 heteroatoms. The molecule has 0 saturated carbocycles. The molecular weight excluding hydrogens is 204 g/mol. The van der Waals surface area contributed by atoms with Gasteiger partial charge in [-0.05, 0) is 38.3 Å². The van der Waals surface area contributed by atoms with Crippen molar-refractivity contribution in [2.45, 2.75) is 19.3 Å². The second kappa shape index (κ2) is 5.03. The van der Waals surface area contributed by atoms with E-state index in [1.165, 1.54) is 12.5 Å². The van der Waals surface area contributed by atoms with Crippen molar-refractivity contribution in [3.8, 4) is 0 Å². The van der Waals surface area contributed by atoms with Crippen LogP contribution in [0.2, 0.25) is 0 Å². The molecule has 1 aliphatic heterocycles. The molecule has 1 saturated heterocycles. The van der Waals surface area contributed by atoms with Crippen molar-refractivity contribution < 1.29 is 4.79 Å². The number of aromatic nitrogens is 2. The number of nitrogens with zero attached hydrogens (tertiary/aromatic N) is 2. The summed E-state index contributed by atoms with van der Waals surface area (Å²) in [5, 5.41) is 3.31. The number of nitrogens with one attached hydrogen (secondary N) is 1. The average molecular weight is 220 g/mol. The van der Waals surface area contributed by atoms with Gasteiger partial charge in [0.25, 0.3) is 5.91 Å². The Morgan fingerprint density at radius 3 is 2.94 bits per heavy atom. The number of hydrogen-bond donors (Lipinski definition) is 2. The number of piperidine rings is 1. The van der Waals surface area contributed by atoms with Gasteiger partial charge in [0.15, 0.2) is 0 Å². The van der Waals surface area contributed by atoms with Crippen LogP contribution in [-0.4, -0.2) is 29.0 Å². The highest BCUT2D eigenvalue weighted by atomic mass is 16.1. The van der Waals surface area contributed by atoms with Crippen LogP contribution in [0, 0.1) is 5.92 Å². The summed E-state index contributed by atoms with van der Waals surface area (Å²) in [4.78, 5) is 19.2. The van der Waals surface area contributed by atoms with Gasteiger partial charge in [0.2, 0.25) is 0 Å². The lowest BCUT2D eigenvalue weighted by Gasteiger charge is -2.22. The van der Waals surface area contributed by atoms with E-state index in [0.717, 1.165) is 38.0 Å². The van der Waals surface area contributed by atoms with Gasteiger partial charge in [-0.3, -0.25) is 4.79 Å². The molecule has 16 heavy (non-hydrogen) atoms. The first-order chi connectivity index (χ1) is 7.77. The quantitative estimate of drug-likeness (QED) is 0.758. The number of hydrogen-bond acceptors (Lipinski definition) is 4. The van der Waals surface area contributed by atoms with Crippen LogP contribution in [0.1, 0.15) is 28.9 Å². The molecule has 2 heterocycles. The van der Waals surface area contributed by atoms with Gasteiger partial charge in [0.1, 0.15) is 6.33 Å². The molecule has 0 aromatic carbocycles. The van der Waals surface area contributed by atoms with Crippen LogP contribution < -0.4 is 11.1 Å². The Kier molecular flexibility index (Phi) is 3.46. The monoisotopic (exact) mass is 220 g/mol. The van der Waals surface area contributed by atoms with E-state index in [4.69, 9.17) is 5.73 Å². The summed E-state index contributed by atoms with van der Waals surface area (Å²) >= 11 is 0. The number of primary amides is 1. The molecule has 0 spiro atoms. The molecule has 3 N–H and O–H groups in total. The lowest BCUT2D eigenvalue weighted by molar-refractivity contribution is 0.0998. The zero-order chi connectivity index (χ0) is 11.4. The molecular formula is C11H16N4O. The van der Waals surface area contributed by atoms with Gasteiger partial charge in [-0.1, -0.05) is 0 Å². The molecule has 1 aromatic rings. The lowest BCUT2D eigenvalue weighted by atomic mass is 9.92. The second-order valence-corrected chi connectivity index (χ2v) is 4.14. The Morgan fingerprint density at radius 1 is 1.50 bits per heavy atom. The summed E-state index contributed by atoms with van der Waals surface area (Å²) in [6.07, 6.45) is 6.06. The summed E-state index contributed by atoms with van der Waals surface area (Å²) in [5.41, 5.74) is 6.53. The van der Waals surface area contributed by atoms with Crippen molar-refractivity contribution in [1.82, 2.24) is 15.3 Å². The summed E-state index contributed by atoms with van der Waals surface area (Å²) in [5.74, 6) is 0.152. The smallest absolute Gasteiger partial charge is 0.252 e. The molecule has 0 radical (unpaired) electrons. The highest BCUT2D eigenvalue weighted by Gasteiger charge is 2.17. The molecule has 0 atom stereocenters. The fourth-order valence-electron chi connectivity index (χ4n) is 2.08. The predicted octanol–water partition coefficient (Wildman–Crippen LogP) is 0.118. The van der Waals surface area contributed by atoms with Crippen LogP contribution in [0.3, 0.4) is 0 Å². The van der Waals surface area contributed by atoms with Crippen molar-refractivity contribution in [2.24, 2.45) is 11.7 Å². The highest BCUT2D eigenvalue weighted by Crippen LogP contribution is 2.18. The van der Waals surface area contributed by atoms with E-state index in [9.17, 15) is 4.79 Å². The maximum absolute atomic E-state index is 11.2. The SMILES string of the molecule is NC(=O)c1cncnc1CC1CCNCC1. The number of rotatable bonds is 3. The number of carbonyl (C=O) groups excluding carboxylic acids is 1. The van der Waals surface area contributed by atoms with Crippen LogP contribution in [0.15, 0.2) is 12.5 Å². The molecule has 5 nitrogen and oxygen atoms in total. The second-order valence-electron chi connectivity index (χ2n) is 4.14. The first-order valence-electron chi connectivity index (χ1n) is 5.57. The minimum atomic E-state index is -0.440. The molecule has 2 rings (SSSR count). The van der Waals surface area contributed by atoms with Gasteiger partial charge in [0.05, 0.1) is 11.3 Å². The number of amides is 1. The largest absolute Gasteiger partial charge is 0.365 e. The third-order valence-electron chi connectivity index (χ3n) is 3.00. The number of nitrogens with two attached hydrogens (primary N) is 1. The van der Waals surface area contributed by atoms with E-state index in [-0.39, 0.29) is 0 Å². The fraction of sp³-hybridized carbons (Fsp3) is 0.545. The minimum absolute atomic E-state index is 0.440. The Morgan fingerprint density at radius 2 is 2.25 bits per heavy atom. The molecule has 1 amide bonds.